The molecular formula is C47H32N4O. The van der Waals surface area contributed by atoms with Gasteiger partial charge in [0.1, 0.15) is 11.5 Å². The number of para-hydroxylation sites is 1. The van der Waals surface area contributed by atoms with Crippen molar-refractivity contribution in [1.82, 2.24) is 15.0 Å². The van der Waals surface area contributed by atoms with Crippen molar-refractivity contribution in [2.75, 3.05) is 0 Å². The standard InChI is InChI=1S/C47H32N4O/c48-31-32-23-25-34(26-24-32)44-49-45(36-16-12-15-35(29-36)33-13-4-1-5-14-33)51-46(50-44)37-27-28-41-43(30-37)52-42-22-11-10-21-40(42)47(41,38-17-6-2-7-18-38)39-19-8-3-9-20-39/h1-4,6-13,15-30H,5,14H2. The van der Waals surface area contributed by atoms with Gasteiger partial charge in [-0.2, -0.15) is 5.26 Å². The van der Waals surface area contributed by atoms with Crippen molar-refractivity contribution in [3.8, 4) is 51.7 Å². The van der Waals surface area contributed by atoms with E-state index in [2.05, 4.69) is 133 Å². The summed E-state index contributed by atoms with van der Waals surface area (Å²) < 4.78 is 6.76. The predicted octanol–water partition coefficient (Wildman–Crippen LogP) is 11.0. The van der Waals surface area contributed by atoms with Gasteiger partial charge >= 0.3 is 0 Å². The lowest BCUT2D eigenvalue weighted by atomic mass is 9.63. The fraction of sp³-hybridized carbons (Fsp3) is 0.0638. The molecular weight excluding hydrogens is 637 g/mol. The molecule has 1 aliphatic heterocycles. The molecule has 0 saturated carbocycles. The van der Waals surface area contributed by atoms with Gasteiger partial charge in [-0.1, -0.05) is 127 Å². The van der Waals surface area contributed by atoms with Crippen LogP contribution in [0.3, 0.4) is 0 Å². The number of nitrogens with zero attached hydrogens (tertiary/aromatic N) is 4. The first-order valence-electron chi connectivity index (χ1n) is 17.5. The van der Waals surface area contributed by atoms with Gasteiger partial charge in [0, 0.05) is 27.8 Å². The van der Waals surface area contributed by atoms with Crippen molar-refractivity contribution in [1.29, 1.82) is 5.26 Å². The van der Waals surface area contributed by atoms with Crippen molar-refractivity contribution < 1.29 is 4.74 Å². The van der Waals surface area contributed by atoms with Crippen molar-refractivity contribution >= 4 is 5.57 Å². The Morgan fingerprint density at radius 1 is 0.538 bits per heavy atom. The van der Waals surface area contributed by atoms with Crippen LogP contribution in [0.5, 0.6) is 11.5 Å². The molecule has 9 rings (SSSR count). The van der Waals surface area contributed by atoms with Crippen LogP contribution in [0.15, 0.2) is 170 Å². The van der Waals surface area contributed by atoms with Crippen LogP contribution in [-0.2, 0) is 5.41 Å². The van der Waals surface area contributed by atoms with E-state index in [9.17, 15) is 5.26 Å². The Morgan fingerprint density at radius 3 is 1.81 bits per heavy atom. The monoisotopic (exact) mass is 668 g/mol. The molecule has 5 nitrogen and oxygen atoms in total. The average molecular weight is 669 g/mol. The van der Waals surface area contributed by atoms with Crippen LogP contribution < -0.4 is 4.74 Å². The van der Waals surface area contributed by atoms with E-state index in [1.165, 1.54) is 5.57 Å². The van der Waals surface area contributed by atoms with Crippen LogP contribution in [0.1, 0.15) is 46.2 Å². The minimum Gasteiger partial charge on any atom is -0.457 e. The third kappa shape index (κ3) is 5.39. The van der Waals surface area contributed by atoms with Gasteiger partial charge in [0.15, 0.2) is 17.5 Å². The van der Waals surface area contributed by atoms with Crippen LogP contribution >= 0.6 is 0 Å². The molecule has 0 unspecified atom stereocenters. The third-order valence-electron chi connectivity index (χ3n) is 9.98. The number of hydrogen-bond donors (Lipinski definition) is 0. The van der Waals surface area contributed by atoms with E-state index in [1.54, 1.807) is 12.1 Å². The van der Waals surface area contributed by atoms with E-state index in [1.807, 2.05) is 30.3 Å². The normalized spacial score (nSPS) is 13.9. The van der Waals surface area contributed by atoms with E-state index in [0.29, 0.717) is 23.0 Å². The number of nitriles is 1. The molecule has 52 heavy (non-hydrogen) atoms. The molecule has 1 aliphatic carbocycles. The number of aromatic nitrogens is 3. The molecule has 2 aliphatic rings. The summed E-state index contributed by atoms with van der Waals surface area (Å²) in [5.74, 6) is 3.18. The molecule has 0 fully saturated rings. The highest BCUT2D eigenvalue weighted by Gasteiger charge is 2.45. The number of benzene rings is 6. The molecule has 5 heteroatoms. The smallest absolute Gasteiger partial charge is 0.164 e. The summed E-state index contributed by atoms with van der Waals surface area (Å²) in [4.78, 5) is 15.1. The maximum Gasteiger partial charge on any atom is 0.164 e. The lowest BCUT2D eigenvalue weighted by molar-refractivity contribution is 0.434. The highest BCUT2D eigenvalue weighted by Crippen LogP contribution is 2.55. The van der Waals surface area contributed by atoms with E-state index >= 15 is 0 Å². The molecule has 246 valence electrons. The maximum absolute atomic E-state index is 9.45. The van der Waals surface area contributed by atoms with Crippen molar-refractivity contribution in [3.63, 3.8) is 0 Å². The topological polar surface area (TPSA) is 71.7 Å². The van der Waals surface area contributed by atoms with Gasteiger partial charge < -0.3 is 4.74 Å². The van der Waals surface area contributed by atoms with E-state index in [0.717, 1.165) is 68.8 Å². The predicted molar refractivity (Wildman–Crippen MR) is 206 cm³/mol. The molecule has 0 bridgehead atoms. The maximum atomic E-state index is 9.45. The lowest BCUT2D eigenvalue weighted by Crippen LogP contribution is -2.34. The lowest BCUT2D eigenvalue weighted by Gasteiger charge is -2.41. The second-order valence-corrected chi connectivity index (χ2v) is 13.0. The third-order valence-corrected chi connectivity index (χ3v) is 9.98. The van der Waals surface area contributed by atoms with Gasteiger partial charge in [-0.05, 0) is 77.6 Å². The largest absolute Gasteiger partial charge is 0.457 e. The highest BCUT2D eigenvalue weighted by molar-refractivity contribution is 5.76. The fourth-order valence-electron chi connectivity index (χ4n) is 7.51. The zero-order valence-corrected chi connectivity index (χ0v) is 28.3. The zero-order chi connectivity index (χ0) is 34.9. The number of allylic oxidation sites excluding steroid dienone is 4. The van der Waals surface area contributed by atoms with Gasteiger partial charge in [0.05, 0.1) is 17.0 Å². The minimum atomic E-state index is -0.618. The summed E-state index contributed by atoms with van der Waals surface area (Å²) in [6.07, 6.45) is 8.51. The summed E-state index contributed by atoms with van der Waals surface area (Å²) >= 11 is 0. The molecule has 7 aromatic rings. The van der Waals surface area contributed by atoms with E-state index in [4.69, 9.17) is 19.7 Å². The molecule has 1 aromatic heterocycles. The fourth-order valence-corrected chi connectivity index (χ4v) is 7.51. The number of fused-ring (bicyclic) bond motifs is 2. The Morgan fingerprint density at radius 2 is 1.13 bits per heavy atom. The Labute approximate surface area is 302 Å². The van der Waals surface area contributed by atoms with Crippen LogP contribution in [0.4, 0.5) is 0 Å². The van der Waals surface area contributed by atoms with Gasteiger partial charge in [-0.25, -0.2) is 15.0 Å². The zero-order valence-electron chi connectivity index (χ0n) is 28.3. The SMILES string of the molecule is N#Cc1ccc(-c2nc(-c3cccc(C4=CC=CCC4)c3)nc(-c3ccc4c(c3)Oc3ccccc3C4(c3ccccc3)c3ccccc3)n2)cc1. The van der Waals surface area contributed by atoms with Crippen LogP contribution in [-0.4, -0.2) is 15.0 Å². The van der Waals surface area contributed by atoms with E-state index in [-0.39, 0.29) is 0 Å². The molecule has 6 aromatic carbocycles. The molecule has 0 saturated heterocycles. The number of rotatable bonds is 6. The Bertz CT molecular complexity index is 2510. The summed E-state index contributed by atoms with van der Waals surface area (Å²) in [6.45, 7) is 0. The number of hydrogen-bond acceptors (Lipinski definition) is 5. The minimum absolute atomic E-state index is 0.529. The second kappa shape index (κ2) is 13.1. The molecule has 2 heterocycles. The van der Waals surface area contributed by atoms with Crippen molar-refractivity contribution in [3.05, 3.63) is 203 Å². The van der Waals surface area contributed by atoms with Gasteiger partial charge in [0.25, 0.3) is 0 Å². The van der Waals surface area contributed by atoms with Gasteiger partial charge in [0.2, 0.25) is 0 Å². The van der Waals surface area contributed by atoms with Crippen molar-refractivity contribution in [2.45, 2.75) is 18.3 Å². The molecule has 0 N–H and O–H groups in total. The first kappa shape index (κ1) is 31.1. The summed E-state index contributed by atoms with van der Waals surface area (Å²) in [7, 11) is 0. The average Bonchev–Trinajstić information content (AvgIpc) is 3.23. The molecule has 0 amide bonds. The summed E-state index contributed by atoms with van der Waals surface area (Å²) in [5, 5.41) is 9.45. The van der Waals surface area contributed by atoms with Crippen molar-refractivity contribution in [2.24, 2.45) is 0 Å². The Hall–Kier alpha value is -6.90. The highest BCUT2D eigenvalue weighted by atomic mass is 16.5. The van der Waals surface area contributed by atoms with E-state index < -0.39 is 5.41 Å². The quantitative estimate of drug-likeness (QED) is 0.176. The Balaban J connectivity index is 1.24. The first-order valence-corrected chi connectivity index (χ1v) is 17.5. The second-order valence-electron chi connectivity index (χ2n) is 13.0. The molecule has 0 spiro atoms. The molecule has 0 atom stereocenters. The Kier molecular flexibility index (Phi) is 7.83. The van der Waals surface area contributed by atoms with Gasteiger partial charge in [-0.15, -0.1) is 0 Å². The van der Waals surface area contributed by atoms with Crippen LogP contribution in [0.25, 0.3) is 39.7 Å². The van der Waals surface area contributed by atoms with Crippen LogP contribution in [0.2, 0.25) is 0 Å². The molecule has 0 radical (unpaired) electrons. The summed E-state index contributed by atoms with van der Waals surface area (Å²) in [5.41, 5.74) is 9.35. The first-order chi connectivity index (χ1) is 25.7. The van der Waals surface area contributed by atoms with Gasteiger partial charge in [-0.3, -0.25) is 0 Å². The van der Waals surface area contributed by atoms with Crippen LogP contribution in [0, 0.1) is 11.3 Å². The number of ether oxygens (including phenoxy) is 1. The summed E-state index contributed by atoms with van der Waals surface area (Å²) in [6, 6.07) is 53.9.